The number of ether oxygens (including phenoxy) is 2. The number of likely N-dealkylation sites (tertiary alicyclic amines) is 1. The molecule has 0 bridgehead atoms. The van der Waals surface area contributed by atoms with Gasteiger partial charge < -0.3 is 19.7 Å². The second-order valence-corrected chi connectivity index (χ2v) is 8.19. The molecule has 2 amide bonds. The van der Waals surface area contributed by atoms with Crippen LogP contribution in [-0.2, 0) is 20.9 Å². The Morgan fingerprint density at radius 3 is 2.33 bits per heavy atom. The summed E-state index contributed by atoms with van der Waals surface area (Å²) in [5.74, 6) is -1.22. The molecule has 2 atom stereocenters. The van der Waals surface area contributed by atoms with Gasteiger partial charge in [-0.2, -0.15) is 0 Å². The normalized spacial score (nSPS) is 17.8. The Balaban J connectivity index is 1.42. The van der Waals surface area contributed by atoms with Crippen molar-refractivity contribution in [2.45, 2.75) is 51.7 Å². The Kier molecular flexibility index (Phi) is 8.40. The summed E-state index contributed by atoms with van der Waals surface area (Å²) in [5, 5.41) is 2.50. The van der Waals surface area contributed by atoms with E-state index in [0.29, 0.717) is 11.3 Å². The maximum atomic E-state index is 13.6. The van der Waals surface area contributed by atoms with Crippen molar-refractivity contribution < 1.29 is 28.2 Å². The zero-order valence-electron chi connectivity index (χ0n) is 18.9. The van der Waals surface area contributed by atoms with E-state index in [-0.39, 0.29) is 36.7 Å². The molecule has 0 saturated carbocycles. The second kappa shape index (κ2) is 11.4. The van der Waals surface area contributed by atoms with Crippen LogP contribution < -0.4 is 10.1 Å². The predicted octanol–water partition coefficient (Wildman–Crippen LogP) is 3.47. The molecule has 0 aliphatic carbocycles. The van der Waals surface area contributed by atoms with Crippen LogP contribution in [0.3, 0.4) is 0 Å². The number of nitrogens with zero attached hydrogens (tertiary/aromatic N) is 1. The Hall–Kier alpha value is -3.42. The molecule has 0 aromatic heterocycles. The van der Waals surface area contributed by atoms with Gasteiger partial charge in [0.15, 0.2) is 13.2 Å². The van der Waals surface area contributed by atoms with Gasteiger partial charge in [-0.05, 0) is 63.4 Å². The molecule has 2 aromatic rings. The molecule has 1 fully saturated rings. The van der Waals surface area contributed by atoms with Gasteiger partial charge in [-0.1, -0.05) is 18.2 Å². The summed E-state index contributed by atoms with van der Waals surface area (Å²) >= 11 is 0. The van der Waals surface area contributed by atoms with Gasteiger partial charge in [0.2, 0.25) is 0 Å². The van der Waals surface area contributed by atoms with Gasteiger partial charge >= 0.3 is 5.97 Å². The molecule has 1 aliphatic rings. The van der Waals surface area contributed by atoms with Gasteiger partial charge in [0.25, 0.3) is 11.8 Å². The zero-order valence-corrected chi connectivity index (χ0v) is 18.9. The number of benzene rings is 2. The first-order valence-corrected chi connectivity index (χ1v) is 11.1. The van der Waals surface area contributed by atoms with Crippen LogP contribution in [-0.4, -0.2) is 48.0 Å². The van der Waals surface area contributed by atoms with E-state index in [0.717, 1.165) is 19.3 Å². The molecule has 2 unspecified atom stereocenters. The summed E-state index contributed by atoms with van der Waals surface area (Å²) < 4.78 is 24.2. The zero-order chi connectivity index (χ0) is 23.8. The first kappa shape index (κ1) is 24.2. The molecular formula is C25H29FN2O5. The van der Waals surface area contributed by atoms with Crippen LogP contribution >= 0.6 is 0 Å². The van der Waals surface area contributed by atoms with E-state index in [1.165, 1.54) is 18.2 Å². The Bertz CT molecular complexity index is 969. The van der Waals surface area contributed by atoms with E-state index in [2.05, 4.69) is 5.32 Å². The highest BCUT2D eigenvalue weighted by atomic mass is 19.1. The van der Waals surface area contributed by atoms with Crippen molar-refractivity contribution in [1.29, 1.82) is 0 Å². The van der Waals surface area contributed by atoms with Gasteiger partial charge in [-0.25, -0.2) is 9.18 Å². The number of nitrogens with one attached hydrogen (secondary N) is 1. The number of amides is 2. The van der Waals surface area contributed by atoms with Crippen molar-refractivity contribution in [2.24, 2.45) is 0 Å². The Morgan fingerprint density at radius 2 is 1.67 bits per heavy atom. The minimum absolute atomic E-state index is 0.00278. The molecule has 1 N–H and O–H groups in total. The van der Waals surface area contributed by atoms with E-state index in [4.69, 9.17) is 9.47 Å². The molecule has 1 aliphatic heterocycles. The smallest absolute Gasteiger partial charge is 0.338 e. The molecule has 2 aromatic carbocycles. The highest BCUT2D eigenvalue weighted by Gasteiger charge is 2.29. The third kappa shape index (κ3) is 6.78. The minimum atomic E-state index is -0.672. The predicted molar refractivity (Wildman–Crippen MR) is 120 cm³/mol. The van der Waals surface area contributed by atoms with Gasteiger partial charge in [-0.15, -0.1) is 0 Å². The van der Waals surface area contributed by atoms with E-state index >= 15 is 0 Å². The SMILES string of the molecule is CC1CCCC(C)N1C(=O)COc1ccc(C(=O)OCC(=O)NCc2ccccc2F)cc1. The van der Waals surface area contributed by atoms with Gasteiger partial charge in [0.05, 0.1) is 5.56 Å². The van der Waals surface area contributed by atoms with E-state index < -0.39 is 24.3 Å². The molecule has 0 spiro atoms. The lowest BCUT2D eigenvalue weighted by molar-refractivity contribution is -0.139. The fourth-order valence-corrected chi connectivity index (χ4v) is 3.92. The van der Waals surface area contributed by atoms with Crippen LogP contribution in [0.5, 0.6) is 5.75 Å². The molecule has 33 heavy (non-hydrogen) atoms. The summed E-state index contributed by atoms with van der Waals surface area (Å²) in [5.41, 5.74) is 0.587. The number of halogens is 1. The van der Waals surface area contributed by atoms with E-state index in [1.807, 2.05) is 18.7 Å². The van der Waals surface area contributed by atoms with Crippen LogP contribution in [0.1, 0.15) is 49.0 Å². The Morgan fingerprint density at radius 1 is 1.00 bits per heavy atom. The van der Waals surface area contributed by atoms with Crippen molar-refractivity contribution >= 4 is 17.8 Å². The van der Waals surface area contributed by atoms with Crippen LogP contribution in [0, 0.1) is 5.82 Å². The van der Waals surface area contributed by atoms with Crippen LogP contribution in [0.25, 0.3) is 0 Å². The first-order chi connectivity index (χ1) is 15.8. The highest BCUT2D eigenvalue weighted by molar-refractivity contribution is 5.91. The lowest BCUT2D eigenvalue weighted by Crippen LogP contribution is -2.49. The lowest BCUT2D eigenvalue weighted by Gasteiger charge is -2.38. The van der Waals surface area contributed by atoms with E-state index in [9.17, 15) is 18.8 Å². The number of piperidine rings is 1. The molecule has 1 saturated heterocycles. The average molecular weight is 457 g/mol. The van der Waals surface area contributed by atoms with E-state index in [1.54, 1.807) is 30.3 Å². The highest BCUT2D eigenvalue weighted by Crippen LogP contribution is 2.23. The van der Waals surface area contributed by atoms with Crippen LogP contribution in [0.15, 0.2) is 48.5 Å². The lowest BCUT2D eigenvalue weighted by atomic mass is 9.97. The summed E-state index contributed by atoms with van der Waals surface area (Å²) in [6, 6.07) is 12.7. The van der Waals surface area contributed by atoms with Gasteiger partial charge in [0, 0.05) is 24.2 Å². The first-order valence-electron chi connectivity index (χ1n) is 11.1. The third-order valence-corrected chi connectivity index (χ3v) is 5.70. The van der Waals surface area contributed by atoms with Crippen molar-refractivity contribution in [2.75, 3.05) is 13.2 Å². The maximum absolute atomic E-state index is 13.6. The average Bonchev–Trinajstić information content (AvgIpc) is 2.81. The molecule has 7 nitrogen and oxygen atoms in total. The second-order valence-electron chi connectivity index (χ2n) is 8.19. The maximum Gasteiger partial charge on any atom is 0.338 e. The number of hydrogen-bond acceptors (Lipinski definition) is 5. The quantitative estimate of drug-likeness (QED) is 0.615. The Labute approximate surface area is 192 Å². The fourth-order valence-electron chi connectivity index (χ4n) is 3.92. The molecular weight excluding hydrogens is 427 g/mol. The largest absolute Gasteiger partial charge is 0.484 e. The standard InChI is InChI=1S/C25H29FN2O5/c1-17-6-5-7-18(2)28(17)24(30)16-32-21-12-10-19(11-13-21)25(31)33-15-23(29)27-14-20-8-3-4-9-22(20)26/h3-4,8-13,17-18H,5-7,14-16H2,1-2H3,(H,27,29). The van der Waals surface area contributed by atoms with Crippen molar-refractivity contribution in [3.05, 3.63) is 65.5 Å². The molecule has 3 rings (SSSR count). The van der Waals surface area contributed by atoms with Crippen LogP contribution in [0.4, 0.5) is 4.39 Å². The molecule has 1 heterocycles. The molecule has 176 valence electrons. The topological polar surface area (TPSA) is 84.9 Å². The van der Waals surface area contributed by atoms with Crippen molar-refractivity contribution in [3.8, 4) is 5.75 Å². The molecule has 0 radical (unpaired) electrons. The number of esters is 1. The summed E-state index contributed by atoms with van der Waals surface area (Å²) in [4.78, 5) is 38.5. The number of carbonyl (C=O) groups excluding carboxylic acids is 3. The van der Waals surface area contributed by atoms with Crippen molar-refractivity contribution in [3.63, 3.8) is 0 Å². The number of hydrogen-bond donors (Lipinski definition) is 1. The molecule has 8 heteroatoms. The number of carbonyl (C=O) groups is 3. The minimum Gasteiger partial charge on any atom is -0.484 e. The number of rotatable bonds is 8. The van der Waals surface area contributed by atoms with Crippen LogP contribution in [0.2, 0.25) is 0 Å². The fraction of sp³-hybridized carbons (Fsp3) is 0.400. The summed E-state index contributed by atoms with van der Waals surface area (Å²) in [6.07, 6.45) is 3.11. The monoisotopic (exact) mass is 456 g/mol. The summed E-state index contributed by atoms with van der Waals surface area (Å²) in [7, 11) is 0. The third-order valence-electron chi connectivity index (χ3n) is 5.70. The van der Waals surface area contributed by atoms with Gasteiger partial charge in [-0.3, -0.25) is 9.59 Å². The van der Waals surface area contributed by atoms with Gasteiger partial charge in [0.1, 0.15) is 11.6 Å². The van der Waals surface area contributed by atoms with Crippen molar-refractivity contribution in [1.82, 2.24) is 10.2 Å². The summed E-state index contributed by atoms with van der Waals surface area (Å²) in [6.45, 7) is 3.55.